The van der Waals surface area contributed by atoms with Crippen LogP contribution in [-0.4, -0.2) is 13.5 Å². The molecule has 0 aliphatic rings. The van der Waals surface area contributed by atoms with E-state index >= 15 is 0 Å². The zero-order valence-electron chi connectivity index (χ0n) is 11.2. The number of aliphatic hydroxyl groups excluding tert-OH is 1. The Labute approximate surface area is 119 Å². The molecule has 4 nitrogen and oxygen atoms in total. The number of rotatable bonds is 5. The van der Waals surface area contributed by atoms with E-state index in [4.69, 9.17) is 5.11 Å². The molecule has 2 rings (SSSR count). The van der Waals surface area contributed by atoms with E-state index in [-0.39, 0.29) is 11.5 Å². The van der Waals surface area contributed by atoms with E-state index in [0.717, 1.165) is 5.56 Å². The van der Waals surface area contributed by atoms with Gasteiger partial charge in [0, 0.05) is 5.69 Å². The van der Waals surface area contributed by atoms with Crippen molar-refractivity contribution in [3.8, 4) is 0 Å². The van der Waals surface area contributed by atoms with Crippen molar-refractivity contribution in [1.29, 1.82) is 0 Å². The molecular formula is C15H17NO3S. The summed E-state index contributed by atoms with van der Waals surface area (Å²) < 4.78 is 27.5. The maximum atomic E-state index is 12.5. The van der Waals surface area contributed by atoms with Gasteiger partial charge in [-0.05, 0) is 35.7 Å². The van der Waals surface area contributed by atoms with Crippen molar-refractivity contribution in [2.45, 2.75) is 24.8 Å². The molecule has 0 heterocycles. The first-order valence-electron chi connectivity index (χ1n) is 6.37. The Morgan fingerprint density at radius 3 is 2.40 bits per heavy atom. The molecule has 0 spiro atoms. The molecule has 5 heteroatoms. The van der Waals surface area contributed by atoms with Gasteiger partial charge in [-0.3, -0.25) is 4.72 Å². The number of hydrogen-bond acceptors (Lipinski definition) is 3. The molecule has 20 heavy (non-hydrogen) atoms. The maximum Gasteiger partial charge on any atom is 0.262 e. The molecular weight excluding hydrogens is 274 g/mol. The van der Waals surface area contributed by atoms with E-state index in [1.807, 2.05) is 13.0 Å². The maximum absolute atomic E-state index is 12.5. The first-order valence-corrected chi connectivity index (χ1v) is 7.85. The third-order valence-electron chi connectivity index (χ3n) is 3.01. The zero-order chi connectivity index (χ0) is 14.6. The normalized spacial score (nSPS) is 11.3. The van der Waals surface area contributed by atoms with E-state index in [0.29, 0.717) is 17.7 Å². The lowest BCUT2D eigenvalue weighted by atomic mass is 10.1. The van der Waals surface area contributed by atoms with Crippen molar-refractivity contribution < 1.29 is 13.5 Å². The second-order valence-electron chi connectivity index (χ2n) is 4.43. The minimum atomic E-state index is -3.65. The first-order chi connectivity index (χ1) is 9.56. The molecule has 2 aromatic rings. The molecule has 0 unspecified atom stereocenters. The smallest absolute Gasteiger partial charge is 0.262 e. The van der Waals surface area contributed by atoms with Crippen LogP contribution in [0.15, 0.2) is 53.4 Å². The molecule has 0 saturated carbocycles. The molecule has 0 atom stereocenters. The van der Waals surface area contributed by atoms with Crippen molar-refractivity contribution in [2.24, 2.45) is 0 Å². The van der Waals surface area contributed by atoms with Crippen molar-refractivity contribution >= 4 is 15.7 Å². The Morgan fingerprint density at radius 1 is 1.10 bits per heavy atom. The fourth-order valence-corrected chi connectivity index (χ4v) is 3.38. The van der Waals surface area contributed by atoms with E-state index in [9.17, 15) is 8.42 Å². The number of para-hydroxylation sites is 1. The Morgan fingerprint density at radius 2 is 1.80 bits per heavy atom. The van der Waals surface area contributed by atoms with Gasteiger partial charge in [0.2, 0.25) is 0 Å². The van der Waals surface area contributed by atoms with Crippen molar-refractivity contribution in [3.63, 3.8) is 0 Å². The number of nitrogens with one attached hydrogen (secondary N) is 1. The lowest BCUT2D eigenvalue weighted by molar-refractivity contribution is 0.281. The van der Waals surface area contributed by atoms with Crippen LogP contribution in [0.2, 0.25) is 0 Å². The van der Waals surface area contributed by atoms with Gasteiger partial charge in [0.1, 0.15) is 0 Å². The highest BCUT2D eigenvalue weighted by molar-refractivity contribution is 7.92. The molecule has 0 saturated heterocycles. The van der Waals surface area contributed by atoms with Gasteiger partial charge >= 0.3 is 0 Å². The van der Waals surface area contributed by atoms with Crippen LogP contribution in [0.3, 0.4) is 0 Å². The summed E-state index contributed by atoms with van der Waals surface area (Å²) in [5.41, 5.74) is 1.82. The average molecular weight is 291 g/mol. The second-order valence-corrected chi connectivity index (χ2v) is 6.08. The van der Waals surface area contributed by atoms with Crippen molar-refractivity contribution in [1.82, 2.24) is 0 Å². The first kappa shape index (κ1) is 14.6. The highest BCUT2D eigenvalue weighted by Gasteiger charge is 2.18. The summed E-state index contributed by atoms with van der Waals surface area (Å²) in [4.78, 5) is 0.218. The van der Waals surface area contributed by atoms with Crippen LogP contribution in [0, 0.1) is 0 Å². The summed E-state index contributed by atoms with van der Waals surface area (Å²) in [6.45, 7) is 1.72. The summed E-state index contributed by atoms with van der Waals surface area (Å²) in [6.07, 6.45) is 0.608. The van der Waals surface area contributed by atoms with Crippen molar-refractivity contribution in [2.75, 3.05) is 4.72 Å². The lowest BCUT2D eigenvalue weighted by Gasteiger charge is -2.12. The van der Waals surface area contributed by atoms with Gasteiger partial charge in [0.15, 0.2) is 0 Å². The van der Waals surface area contributed by atoms with E-state index in [2.05, 4.69) is 4.72 Å². The van der Waals surface area contributed by atoms with Crippen LogP contribution < -0.4 is 4.72 Å². The van der Waals surface area contributed by atoms with Crippen molar-refractivity contribution in [3.05, 3.63) is 59.7 Å². The minimum absolute atomic E-state index is 0.183. The van der Waals surface area contributed by atoms with Gasteiger partial charge in [-0.2, -0.15) is 0 Å². The Balaban J connectivity index is 2.43. The second kappa shape index (κ2) is 6.07. The van der Waals surface area contributed by atoms with Gasteiger partial charge in [-0.1, -0.05) is 37.3 Å². The molecule has 0 aromatic heterocycles. The quantitative estimate of drug-likeness (QED) is 0.889. The molecule has 0 bridgehead atoms. The predicted molar refractivity (Wildman–Crippen MR) is 79.0 cm³/mol. The van der Waals surface area contributed by atoms with Crippen LogP contribution in [0.4, 0.5) is 5.69 Å². The molecule has 106 valence electrons. The van der Waals surface area contributed by atoms with E-state index in [1.165, 1.54) is 6.07 Å². The van der Waals surface area contributed by atoms with Gasteiger partial charge in [0.25, 0.3) is 10.0 Å². The molecule has 2 aromatic carbocycles. The van der Waals surface area contributed by atoms with Crippen LogP contribution in [0.1, 0.15) is 18.1 Å². The number of aliphatic hydroxyl groups is 1. The Hall–Kier alpha value is -1.85. The topological polar surface area (TPSA) is 66.4 Å². The zero-order valence-corrected chi connectivity index (χ0v) is 12.0. The number of sulfonamides is 1. The number of benzene rings is 2. The number of aryl methyl sites for hydroxylation is 1. The predicted octanol–water partition coefficient (Wildman–Crippen LogP) is 2.54. The molecule has 0 aliphatic carbocycles. The van der Waals surface area contributed by atoms with E-state index < -0.39 is 10.0 Å². The van der Waals surface area contributed by atoms with Crippen LogP contribution in [0.25, 0.3) is 0 Å². The standard InChI is InChI=1S/C15H17NO3S/c1-2-13-9-8-12(11-17)10-15(13)20(18,19)16-14-6-4-3-5-7-14/h3-10,16-17H,2,11H2,1H3. The number of hydrogen-bond donors (Lipinski definition) is 2. The van der Waals surface area contributed by atoms with Crippen LogP contribution >= 0.6 is 0 Å². The highest BCUT2D eigenvalue weighted by atomic mass is 32.2. The molecule has 0 amide bonds. The molecule has 0 fully saturated rings. The summed E-state index contributed by atoms with van der Waals surface area (Å²) in [6, 6.07) is 13.7. The lowest BCUT2D eigenvalue weighted by Crippen LogP contribution is -2.15. The highest BCUT2D eigenvalue weighted by Crippen LogP contribution is 2.21. The summed E-state index contributed by atoms with van der Waals surface area (Å²) >= 11 is 0. The number of anilines is 1. The fourth-order valence-electron chi connectivity index (χ4n) is 1.96. The fraction of sp³-hybridized carbons (Fsp3) is 0.200. The Bertz CT molecular complexity index is 682. The SMILES string of the molecule is CCc1ccc(CO)cc1S(=O)(=O)Nc1ccccc1. The van der Waals surface area contributed by atoms with Crippen LogP contribution in [0.5, 0.6) is 0 Å². The van der Waals surface area contributed by atoms with Gasteiger partial charge in [-0.15, -0.1) is 0 Å². The summed E-state index contributed by atoms with van der Waals surface area (Å²) in [7, 11) is -3.65. The minimum Gasteiger partial charge on any atom is -0.392 e. The Kier molecular flexibility index (Phi) is 4.42. The summed E-state index contributed by atoms with van der Waals surface area (Å²) in [5, 5.41) is 9.17. The van der Waals surface area contributed by atoms with Gasteiger partial charge < -0.3 is 5.11 Å². The molecule has 2 N–H and O–H groups in total. The largest absolute Gasteiger partial charge is 0.392 e. The third kappa shape index (κ3) is 3.18. The van der Waals surface area contributed by atoms with Crippen LogP contribution in [-0.2, 0) is 23.1 Å². The molecule has 0 aliphatic heterocycles. The average Bonchev–Trinajstić information content (AvgIpc) is 2.47. The molecule has 0 radical (unpaired) electrons. The van der Waals surface area contributed by atoms with Gasteiger partial charge in [0.05, 0.1) is 11.5 Å². The summed E-state index contributed by atoms with van der Waals surface area (Å²) in [5.74, 6) is 0. The third-order valence-corrected chi connectivity index (χ3v) is 4.47. The monoisotopic (exact) mass is 291 g/mol. The van der Waals surface area contributed by atoms with Gasteiger partial charge in [-0.25, -0.2) is 8.42 Å². The van der Waals surface area contributed by atoms with E-state index in [1.54, 1.807) is 36.4 Å².